The maximum Gasteiger partial charge on any atom is 0.256 e. The van der Waals surface area contributed by atoms with Gasteiger partial charge in [-0.15, -0.1) is 0 Å². The molecule has 2 rings (SSSR count). The van der Waals surface area contributed by atoms with E-state index in [2.05, 4.69) is 11.5 Å². The Morgan fingerprint density at radius 1 is 1.53 bits per heavy atom. The highest BCUT2D eigenvalue weighted by molar-refractivity contribution is 5.88. The summed E-state index contributed by atoms with van der Waals surface area (Å²) in [6, 6.07) is 8.96. The summed E-state index contributed by atoms with van der Waals surface area (Å²) in [7, 11) is 0. The molecule has 1 aromatic carbocycles. The van der Waals surface area contributed by atoms with Crippen LogP contribution >= 0.6 is 0 Å². The third-order valence-corrected chi connectivity index (χ3v) is 2.82. The summed E-state index contributed by atoms with van der Waals surface area (Å²) in [5.41, 5.74) is 3.57. The van der Waals surface area contributed by atoms with E-state index in [4.69, 9.17) is 11.1 Å². The summed E-state index contributed by atoms with van der Waals surface area (Å²) in [4.78, 5) is 11.5. The van der Waals surface area contributed by atoms with Gasteiger partial charge < -0.3 is 4.57 Å². The van der Waals surface area contributed by atoms with Crippen LogP contribution < -0.4 is 11.3 Å². The molecule has 5 heteroatoms. The lowest BCUT2D eigenvalue weighted by Crippen LogP contribution is -2.35. The normalized spacial score (nSPS) is 12.1. The monoisotopic (exact) mass is 228 g/mol. The van der Waals surface area contributed by atoms with Crippen LogP contribution in [0.25, 0.3) is 10.9 Å². The summed E-state index contributed by atoms with van der Waals surface area (Å²) in [6.07, 6.45) is 1.78. The summed E-state index contributed by atoms with van der Waals surface area (Å²) in [5.74, 6) is 4.84. The number of nitrogens with one attached hydrogen (secondary N) is 1. The molecular formula is C12H12N4O. The van der Waals surface area contributed by atoms with Gasteiger partial charge in [-0.1, -0.05) is 6.07 Å². The molecule has 1 unspecified atom stereocenters. The molecule has 17 heavy (non-hydrogen) atoms. The van der Waals surface area contributed by atoms with E-state index in [1.165, 1.54) is 0 Å². The molecule has 0 aliphatic heterocycles. The number of hydrogen-bond donors (Lipinski definition) is 2. The largest absolute Gasteiger partial charge is 0.335 e. The van der Waals surface area contributed by atoms with Gasteiger partial charge in [-0.25, -0.2) is 5.84 Å². The molecule has 2 aromatic rings. The van der Waals surface area contributed by atoms with E-state index >= 15 is 0 Å². The second-order valence-electron chi connectivity index (χ2n) is 3.76. The molecule has 0 fully saturated rings. The van der Waals surface area contributed by atoms with Gasteiger partial charge in [0.15, 0.2) is 0 Å². The lowest BCUT2D eigenvalue weighted by Gasteiger charge is -2.13. The Bertz CT molecular complexity index is 608. The van der Waals surface area contributed by atoms with Crippen LogP contribution in [0, 0.1) is 11.3 Å². The molecule has 1 heterocycles. The standard InChI is InChI=1S/C12H12N4O/c1-8(12(17)15-14)16-6-5-10-9(7-13)3-2-4-11(10)16/h2-6,8H,14H2,1H3,(H,15,17). The zero-order valence-electron chi connectivity index (χ0n) is 9.34. The van der Waals surface area contributed by atoms with Crippen molar-refractivity contribution in [1.29, 1.82) is 5.26 Å². The first kappa shape index (κ1) is 11.2. The minimum Gasteiger partial charge on any atom is -0.335 e. The van der Waals surface area contributed by atoms with Crippen LogP contribution in [0.2, 0.25) is 0 Å². The molecule has 0 saturated heterocycles. The Labute approximate surface area is 98.4 Å². The first-order chi connectivity index (χ1) is 8.19. The minimum atomic E-state index is -0.411. The molecule has 1 atom stereocenters. The fourth-order valence-electron chi connectivity index (χ4n) is 1.87. The molecule has 0 spiro atoms. The number of amides is 1. The number of rotatable bonds is 2. The Kier molecular flexibility index (Phi) is 2.81. The second kappa shape index (κ2) is 4.28. The lowest BCUT2D eigenvalue weighted by molar-refractivity contribution is -0.123. The Hall–Kier alpha value is -2.32. The predicted octanol–water partition coefficient (Wildman–Crippen LogP) is 1.06. The van der Waals surface area contributed by atoms with Crippen LogP contribution in [0.5, 0.6) is 0 Å². The second-order valence-corrected chi connectivity index (χ2v) is 3.76. The van der Waals surface area contributed by atoms with Gasteiger partial charge in [0.1, 0.15) is 6.04 Å². The van der Waals surface area contributed by atoms with Gasteiger partial charge in [-0.3, -0.25) is 10.2 Å². The van der Waals surface area contributed by atoms with Gasteiger partial charge in [-0.2, -0.15) is 5.26 Å². The van der Waals surface area contributed by atoms with Crippen molar-refractivity contribution in [3.05, 3.63) is 36.0 Å². The van der Waals surface area contributed by atoms with E-state index in [0.717, 1.165) is 10.9 Å². The Morgan fingerprint density at radius 3 is 2.94 bits per heavy atom. The smallest absolute Gasteiger partial charge is 0.256 e. The van der Waals surface area contributed by atoms with Crippen LogP contribution in [0.4, 0.5) is 0 Å². The zero-order chi connectivity index (χ0) is 12.4. The average molecular weight is 228 g/mol. The maximum atomic E-state index is 11.5. The van der Waals surface area contributed by atoms with Crippen molar-refractivity contribution in [1.82, 2.24) is 9.99 Å². The molecule has 86 valence electrons. The Balaban J connectivity index is 2.58. The summed E-state index contributed by atoms with van der Waals surface area (Å²) < 4.78 is 1.79. The predicted molar refractivity (Wildman–Crippen MR) is 63.7 cm³/mol. The van der Waals surface area contributed by atoms with Crippen molar-refractivity contribution in [2.75, 3.05) is 0 Å². The topological polar surface area (TPSA) is 83.8 Å². The number of nitrogens with two attached hydrogens (primary N) is 1. The number of benzene rings is 1. The molecule has 3 N–H and O–H groups in total. The van der Waals surface area contributed by atoms with Crippen molar-refractivity contribution >= 4 is 16.8 Å². The summed E-state index contributed by atoms with van der Waals surface area (Å²) in [5, 5.41) is 9.82. The summed E-state index contributed by atoms with van der Waals surface area (Å²) >= 11 is 0. The first-order valence-corrected chi connectivity index (χ1v) is 5.19. The molecule has 0 radical (unpaired) electrons. The van der Waals surface area contributed by atoms with Crippen molar-refractivity contribution in [3.8, 4) is 6.07 Å². The number of aromatic nitrogens is 1. The maximum absolute atomic E-state index is 11.5. The third-order valence-electron chi connectivity index (χ3n) is 2.82. The fraction of sp³-hybridized carbons (Fsp3) is 0.167. The van der Waals surface area contributed by atoms with Crippen molar-refractivity contribution in [3.63, 3.8) is 0 Å². The number of carbonyl (C=O) groups is 1. The number of fused-ring (bicyclic) bond motifs is 1. The minimum absolute atomic E-state index is 0.273. The molecule has 0 aliphatic rings. The van der Waals surface area contributed by atoms with E-state index in [9.17, 15) is 4.79 Å². The van der Waals surface area contributed by atoms with E-state index in [-0.39, 0.29) is 5.91 Å². The summed E-state index contributed by atoms with van der Waals surface area (Å²) in [6.45, 7) is 1.75. The van der Waals surface area contributed by atoms with Gasteiger partial charge in [0.05, 0.1) is 17.1 Å². The van der Waals surface area contributed by atoms with Gasteiger partial charge in [0, 0.05) is 11.6 Å². The highest BCUT2D eigenvalue weighted by atomic mass is 16.2. The number of carbonyl (C=O) groups excluding carboxylic acids is 1. The van der Waals surface area contributed by atoms with Crippen molar-refractivity contribution in [2.45, 2.75) is 13.0 Å². The SMILES string of the molecule is CC(C(=O)NN)n1ccc2c(C#N)cccc21. The van der Waals surface area contributed by atoms with Gasteiger partial charge in [0.25, 0.3) is 5.91 Å². The van der Waals surface area contributed by atoms with E-state index < -0.39 is 6.04 Å². The lowest BCUT2D eigenvalue weighted by atomic mass is 10.1. The molecule has 0 bridgehead atoms. The molecule has 0 saturated carbocycles. The zero-order valence-corrected chi connectivity index (χ0v) is 9.34. The van der Waals surface area contributed by atoms with Crippen molar-refractivity contribution < 1.29 is 4.79 Å². The fourth-order valence-corrected chi connectivity index (χ4v) is 1.87. The average Bonchev–Trinajstić information content (AvgIpc) is 2.80. The van der Waals surface area contributed by atoms with Crippen LogP contribution in [-0.2, 0) is 4.79 Å². The molecule has 1 amide bonds. The molecule has 0 aliphatic carbocycles. The van der Waals surface area contributed by atoms with E-state index in [1.807, 2.05) is 12.1 Å². The highest BCUT2D eigenvalue weighted by Crippen LogP contribution is 2.22. The molecular weight excluding hydrogens is 216 g/mol. The van der Waals surface area contributed by atoms with Crippen LogP contribution in [-0.4, -0.2) is 10.5 Å². The Morgan fingerprint density at radius 2 is 2.29 bits per heavy atom. The number of nitriles is 1. The first-order valence-electron chi connectivity index (χ1n) is 5.19. The van der Waals surface area contributed by atoms with Crippen LogP contribution in [0.15, 0.2) is 30.5 Å². The van der Waals surface area contributed by atoms with Crippen LogP contribution in [0.3, 0.4) is 0 Å². The van der Waals surface area contributed by atoms with Crippen molar-refractivity contribution in [2.24, 2.45) is 5.84 Å². The third kappa shape index (κ3) is 1.75. The number of hydrazine groups is 1. The van der Waals surface area contributed by atoms with E-state index in [0.29, 0.717) is 5.56 Å². The van der Waals surface area contributed by atoms with Gasteiger partial charge in [-0.05, 0) is 25.1 Å². The molecule has 1 aromatic heterocycles. The number of nitrogens with zero attached hydrogens (tertiary/aromatic N) is 2. The quantitative estimate of drug-likeness (QED) is 0.458. The van der Waals surface area contributed by atoms with Gasteiger partial charge >= 0.3 is 0 Å². The van der Waals surface area contributed by atoms with Gasteiger partial charge in [0.2, 0.25) is 0 Å². The highest BCUT2D eigenvalue weighted by Gasteiger charge is 2.15. The number of hydrogen-bond acceptors (Lipinski definition) is 3. The molecule has 5 nitrogen and oxygen atoms in total. The van der Waals surface area contributed by atoms with Crippen LogP contribution in [0.1, 0.15) is 18.5 Å². The van der Waals surface area contributed by atoms with E-state index in [1.54, 1.807) is 29.8 Å².